The largest absolute Gasteiger partial charge is 0.263 e. The van der Waals surface area contributed by atoms with E-state index in [1.54, 1.807) is 16.4 Å². The summed E-state index contributed by atoms with van der Waals surface area (Å²) in [6.07, 6.45) is 3.79. The van der Waals surface area contributed by atoms with E-state index in [1.165, 1.54) is 19.0 Å². The number of H-pyrrole nitrogens is 1. The number of nitrogens with zero attached hydrogens (tertiary/aromatic N) is 4. The van der Waals surface area contributed by atoms with Crippen molar-refractivity contribution in [2.24, 2.45) is 11.8 Å². The van der Waals surface area contributed by atoms with E-state index in [-0.39, 0.29) is 10.8 Å². The molecule has 3 heterocycles. The number of hydrogen-bond donors (Lipinski definition) is 1. The van der Waals surface area contributed by atoms with Crippen molar-refractivity contribution < 1.29 is 8.42 Å². The lowest BCUT2D eigenvalue weighted by molar-refractivity contribution is 0.423. The van der Waals surface area contributed by atoms with Crippen LogP contribution in [0.2, 0.25) is 0 Å². The summed E-state index contributed by atoms with van der Waals surface area (Å²) >= 11 is 0. The predicted molar refractivity (Wildman–Crippen MR) is 87.8 cm³/mol. The zero-order valence-corrected chi connectivity index (χ0v) is 14.6. The van der Waals surface area contributed by atoms with E-state index in [2.05, 4.69) is 20.2 Å². The number of aromatic amines is 1. The maximum atomic E-state index is 13.0. The fourth-order valence-electron chi connectivity index (χ4n) is 3.54. The van der Waals surface area contributed by atoms with Gasteiger partial charge in [0, 0.05) is 30.9 Å². The Morgan fingerprint density at radius 3 is 2.58 bits per heavy atom. The summed E-state index contributed by atoms with van der Waals surface area (Å²) in [5.41, 5.74) is 0.806. The van der Waals surface area contributed by atoms with Gasteiger partial charge in [0.1, 0.15) is 10.7 Å². The molecule has 8 heteroatoms. The molecule has 4 rings (SSSR count). The SMILES string of the molecule is Cc1ccc(S(=O)(=O)N2C[C@@H](c3n[nH]c(C)n3)[C@H](C3CC3)C2)cn1. The van der Waals surface area contributed by atoms with Gasteiger partial charge in [-0.2, -0.15) is 9.40 Å². The molecule has 0 spiro atoms. The van der Waals surface area contributed by atoms with E-state index in [0.717, 1.165) is 17.3 Å². The fourth-order valence-corrected chi connectivity index (χ4v) is 4.99. The molecule has 1 aliphatic carbocycles. The quantitative estimate of drug-likeness (QED) is 0.907. The third-order valence-corrected chi connectivity index (χ3v) is 6.84. The first kappa shape index (κ1) is 15.7. The van der Waals surface area contributed by atoms with Gasteiger partial charge in [-0.15, -0.1) is 0 Å². The Hall–Kier alpha value is -1.80. The Morgan fingerprint density at radius 2 is 2.00 bits per heavy atom. The molecular weight excluding hydrogens is 326 g/mol. The van der Waals surface area contributed by atoms with Crippen LogP contribution in [0.1, 0.15) is 36.1 Å². The molecule has 7 nitrogen and oxygen atoms in total. The Balaban J connectivity index is 1.63. The van der Waals surface area contributed by atoms with Crippen molar-refractivity contribution >= 4 is 10.0 Å². The third-order valence-electron chi connectivity index (χ3n) is 5.03. The molecule has 0 radical (unpaired) electrons. The number of hydrogen-bond acceptors (Lipinski definition) is 5. The van der Waals surface area contributed by atoms with Gasteiger partial charge in [-0.05, 0) is 50.7 Å². The summed E-state index contributed by atoms with van der Waals surface area (Å²) in [7, 11) is -3.52. The van der Waals surface area contributed by atoms with Crippen LogP contribution in [0.25, 0.3) is 0 Å². The van der Waals surface area contributed by atoms with Crippen LogP contribution in [-0.4, -0.2) is 46.0 Å². The van der Waals surface area contributed by atoms with Crippen LogP contribution in [0.5, 0.6) is 0 Å². The van der Waals surface area contributed by atoms with Crippen molar-refractivity contribution in [3.63, 3.8) is 0 Å². The molecule has 0 bridgehead atoms. The van der Waals surface area contributed by atoms with Crippen molar-refractivity contribution in [3.05, 3.63) is 35.7 Å². The van der Waals surface area contributed by atoms with E-state index < -0.39 is 10.0 Å². The normalized spacial score (nSPS) is 25.2. The van der Waals surface area contributed by atoms with Crippen LogP contribution >= 0.6 is 0 Å². The minimum absolute atomic E-state index is 0.0654. The van der Waals surface area contributed by atoms with Crippen molar-refractivity contribution in [3.8, 4) is 0 Å². The maximum Gasteiger partial charge on any atom is 0.244 e. The summed E-state index contributed by atoms with van der Waals surface area (Å²) in [5.74, 6) is 2.46. The second-order valence-corrected chi connectivity index (χ2v) is 8.78. The fraction of sp³-hybridized carbons (Fsp3) is 0.562. The summed E-state index contributed by atoms with van der Waals surface area (Å²) < 4.78 is 27.5. The van der Waals surface area contributed by atoms with Crippen molar-refractivity contribution in [1.29, 1.82) is 0 Å². The third kappa shape index (κ3) is 2.73. The second-order valence-electron chi connectivity index (χ2n) is 6.84. The van der Waals surface area contributed by atoms with Crippen LogP contribution < -0.4 is 0 Å². The van der Waals surface area contributed by atoms with Crippen molar-refractivity contribution in [2.45, 2.75) is 37.5 Å². The lowest BCUT2D eigenvalue weighted by Crippen LogP contribution is -2.29. The molecule has 24 heavy (non-hydrogen) atoms. The molecule has 2 atom stereocenters. The first-order chi connectivity index (χ1) is 11.4. The van der Waals surface area contributed by atoms with Gasteiger partial charge >= 0.3 is 0 Å². The van der Waals surface area contributed by atoms with Crippen LogP contribution in [0.3, 0.4) is 0 Å². The molecule has 0 aromatic carbocycles. The number of sulfonamides is 1. The molecule has 1 N–H and O–H groups in total. The predicted octanol–water partition coefficient (Wildman–Crippen LogP) is 1.63. The van der Waals surface area contributed by atoms with Gasteiger partial charge in [-0.1, -0.05) is 0 Å². The zero-order chi connectivity index (χ0) is 16.9. The van der Waals surface area contributed by atoms with Gasteiger partial charge in [0.15, 0.2) is 5.82 Å². The molecule has 2 aromatic heterocycles. The number of rotatable bonds is 4. The molecule has 0 amide bonds. The minimum Gasteiger partial charge on any atom is -0.263 e. The highest BCUT2D eigenvalue weighted by Crippen LogP contribution is 2.47. The van der Waals surface area contributed by atoms with Crippen molar-refractivity contribution in [1.82, 2.24) is 24.5 Å². The minimum atomic E-state index is -3.52. The van der Waals surface area contributed by atoms with E-state index in [4.69, 9.17) is 0 Å². The molecule has 1 saturated carbocycles. The summed E-state index contributed by atoms with van der Waals surface area (Å²) in [6.45, 7) is 4.69. The van der Waals surface area contributed by atoms with Crippen LogP contribution in [0, 0.1) is 25.7 Å². The summed E-state index contributed by atoms with van der Waals surface area (Å²) in [5, 5.41) is 7.17. The monoisotopic (exact) mass is 347 g/mol. The summed E-state index contributed by atoms with van der Waals surface area (Å²) in [6, 6.07) is 3.37. The highest BCUT2D eigenvalue weighted by molar-refractivity contribution is 7.89. The number of aromatic nitrogens is 4. The second kappa shape index (κ2) is 5.63. The van der Waals surface area contributed by atoms with E-state index in [1.807, 2.05) is 13.8 Å². The average molecular weight is 347 g/mol. The molecule has 2 fully saturated rings. The molecule has 1 saturated heterocycles. The molecule has 128 valence electrons. The smallest absolute Gasteiger partial charge is 0.244 e. The Labute approximate surface area is 141 Å². The first-order valence-electron chi connectivity index (χ1n) is 8.27. The van der Waals surface area contributed by atoms with Crippen molar-refractivity contribution in [2.75, 3.05) is 13.1 Å². The molecule has 0 unspecified atom stereocenters. The van der Waals surface area contributed by atoms with Gasteiger partial charge in [-0.3, -0.25) is 10.1 Å². The first-order valence-corrected chi connectivity index (χ1v) is 9.71. The number of aryl methyl sites for hydroxylation is 2. The van der Waals surface area contributed by atoms with Gasteiger partial charge in [0.25, 0.3) is 0 Å². The molecule has 2 aromatic rings. The van der Waals surface area contributed by atoms with Gasteiger partial charge < -0.3 is 0 Å². The number of nitrogens with one attached hydrogen (secondary N) is 1. The molecule has 1 aliphatic heterocycles. The molecule has 2 aliphatic rings. The van der Waals surface area contributed by atoms with Crippen LogP contribution in [0.15, 0.2) is 23.2 Å². The Kier molecular flexibility index (Phi) is 3.69. The topological polar surface area (TPSA) is 91.8 Å². The van der Waals surface area contributed by atoms with Crippen LogP contribution in [0.4, 0.5) is 0 Å². The Morgan fingerprint density at radius 1 is 1.21 bits per heavy atom. The van der Waals surface area contributed by atoms with E-state index in [0.29, 0.717) is 24.9 Å². The highest BCUT2D eigenvalue weighted by atomic mass is 32.2. The van der Waals surface area contributed by atoms with Crippen LogP contribution in [-0.2, 0) is 10.0 Å². The van der Waals surface area contributed by atoms with Gasteiger partial charge in [-0.25, -0.2) is 13.4 Å². The van der Waals surface area contributed by atoms with E-state index >= 15 is 0 Å². The zero-order valence-electron chi connectivity index (χ0n) is 13.8. The maximum absolute atomic E-state index is 13.0. The number of pyridine rings is 1. The highest BCUT2D eigenvalue weighted by Gasteiger charge is 2.47. The average Bonchev–Trinajstić information content (AvgIpc) is 3.14. The standard InChI is InChI=1S/C16H21N5O2S/c1-10-3-6-13(7-17-10)24(22,23)21-8-14(12-4-5-12)15(9-21)16-18-11(2)19-20-16/h3,6-7,12,14-15H,4-5,8-9H2,1-2H3,(H,18,19,20)/t14-,15+/m0/s1. The molecular formula is C16H21N5O2S. The summed E-state index contributed by atoms with van der Waals surface area (Å²) in [4.78, 5) is 8.84. The lowest BCUT2D eigenvalue weighted by Gasteiger charge is -2.16. The lowest BCUT2D eigenvalue weighted by atomic mass is 9.91. The van der Waals surface area contributed by atoms with Gasteiger partial charge in [0.05, 0.1) is 0 Å². The Bertz CT molecular complexity index is 842. The van der Waals surface area contributed by atoms with E-state index in [9.17, 15) is 8.42 Å². The van der Waals surface area contributed by atoms with Gasteiger partial charge in [0.2, 0.25) is 10.0 Å².